The highest BCUT2D eigenvalue weighted by atomic mass is 19.4. The number of hydrogen-bond acceptors (Lipinski definition) is 7. The number of likely N-dealkylation sites (N-methyl/N-ethyl adjacent to an activating group) is 1. The quantitative estimate of drug-likeness (QED) is 0.417. The fourth-order valence-corrected chi connectivity index (χ4v) is 5.87. The number of anilines is 2. The number of aryl methyl sites for hydroxylation is 1. The first-order valence-electron chi connectivity index (χ1n) is 13.8. The van der Waals surface area contributed by atoms with Crippen molar-refractivity contribution >= 4 is 34.3 Å². The highest BCUT2D eigenvalue weighted by Gasteiger charge is 2.34. The Morgan fingerprint density at radius 2 is 1.81 bits per heavy atom. The number of piperazine rings is 1. The number of methoxy groups -OCH3 is 1. The van der Waals surface area contributed by atoms with E-state index in [0.29, 0.717) is 19.6 Å². The van der Waals surface area contributed by atoms with E-state index in [1.165, 1.54) is 7.11 Å². The van der Waals surface area contributed by atoms with Crippen molar-refractivity contribution in [3.05, 3.63) is 47.5 Å². The fourth-order valence-electron chi connectivity index (χ4n) is 5.87. The van der Waals surface area contributed by atoms with Gasteiger partial charge in [-0.05, 0) is 44.1 Å². The van der Waals surface area contributed by atoms with Gasteiger partial charge in [0.1, 0.15) is 0 Å². The summed E-state index contributed by atoms with van der Waals surface area (Å²) in [5.74, 6) is 0.325. The lowest BCUT2D eigenvalue weighted by Crippen LogP contribution is -2.52. The highest BCUT2D eigenvalue weighted by molar-refractivity contribution is 5.92. The first kappa shape index (κ1) is 29.5. The number of rotatable bonds is 6. The molecular formula is C29H35F3N6O4. The van der Waals surface area contributed by atoms with Crippen LogP contribution in [-0.4, -0.2) is 84.2 Å². The smallest absolute Gasteiger partial charge is 0.418 e. The molecule has 0 bridgehead atoms. The van der Waals surface area contributed by atoms with Crippen LogP contribution in [-0.2, 0) is 24.6 Å². The first-order valence-corrected chi connectivity index (χ1v) is 13.8. The zero-order chi connectivity index (χ0) is 30.2. The van der Waals surface area contributed by atoms with Gasteiger partial charge in [-0.3, -0.25) is 19.9 Å². The van der Waals surface area contributed by atoms with Crippen LogP contribution in [0.3, 0.4) is 0 Å². The molecule has 1 aromatic heterocycles. The number of carbonyl (C=O) groups excluding carboxylic acids is 2. The van der Waals surface area contributed by atoms with Gasteiger partial charge in [-0.1, -0.05) is 18.2 Å². The van der Waals surface area contributed by atoms with Crippen molar-refractivity contribution in [1.82, 2.24) is 19.3 Å². The Labute approximate surface area is 241 Å². The molecule has 10 nitrogen and oxygen atoms in total. The number of carbonyl (C=O) groups is 2. The van der Waals surface area contributed by atoms with Gasteiger partial charge in [0.15, 0.2) is 5.75 Å². The number of amides is 2. The van der Waals surface area contributed by atoms with E-state index in [-0.39, 0.29) is 35.0 Å². The summed E-state index contributed by atoms with van der Waals surface area (Å²) in [6.07, 6.45) is -3.70. The number of nitrogen functional groups attached to an aromatic ring is 1. The van der Waals surface area contributed by atoms with Gasteiger partial charge in [0.05, 0.1) is 35.6 Å². The number of nitrogens with zero attached hydrogens (tertiary/aromatic N) is 4. The largest absolute Gasteiger partial charge is 0.492 e. The van der Waals surface area contributed by atoms with Crippen LogP contribution < -0.4 is 20.5 Å². The van der Waals surface area contributed by atoms with Crippen molar-refractivity contribution in [2.24, 2.45) is 7.05 Å². The highest BCUT2D eigenvalue weighted by Crippen LogP contribution is 2.39. The average molecular weight is 589 g/mol. The van der Waals surface area contributed by atoms with Gasteiger partial charge >= 0.3 is 12.3 Å². The summed E-state index contributed by atoms with van der Waals surface area (Å²) in [5, 5.41) is 3.17. The Bertz CT molecular complexity index is 1480. The van der Waals surface area contributed by atoms with Gasteiger partial charge in [0.25, 0.3) is 0 Å². The predicted octanol–water partition coefficient (Wildman–Crippen LogP) is 4.14. The van der Waals surface area contributed by atoms with E-state index in [1.807, 2.05) is 30.1 Å². The van der Waals surface area contributed by atoms with Crippen molar-refractivity contribution in [3.8, 4) is 11.6 Å². The standard InChI is InChI=1S/C29H35F3N6O4/c1-35-9-5-8-23(35)27(39)38-12-10-37(11-13-38)17-19-7-4-6-18-14-24(36(2)25(18)19)42-28(40)34-22-16-20(29(30,31)32)15-21(33)26(22)41-3/h4,6-7,14-16,23H,5,8-13,17,33H2,1-3H3,(H,34,40)/t23-/m0/s1. The Hall–Kier alpha value is -3.97. The van der Waals surface area contributed by atoms with Crippen molar-refractivity contribution in [2.75, 3.05) is 57.9 Å². The molecule has 2 aromatic carbocycles. The molecule has 0 spiro atoms. The molecule has 2 aliphatic heterocycles. The maximum atomic E-state index is 13.3. The predicted molar refractivity (Wildman–Crippen MR) is 152 cm³/mol. The lowest BCUT2D eigenvalue weighted by molar-refractivity contribution is -0.138. The van der Waals surface area contributed by atoms with Gasteiger partial charge in [-0.2, -0.15) is 13.2 Å². The van der Waals surface area contributed by atoms with Gasteiger partial charge in [-0.15, -0.1) is 0 Å². The number of ether oxygens (including phenoxy) is 2. The fraction of sp³-hybridized carbons (Fsp3) is 0.448. The number of hydrogen-bond donors (Lipinski definition) is 2. The minimum Gasteiger partial charge on any atom is -0.492 e. The van der Waals surface area contributed by atoms with Crippen molar-refractivity contribution in [2.45, 2.75) is 31.6 Å². The molecule has 5 rings (SSSR count). The molecule has 2 saturated heterocycles. The molecule has 3 N–H and O–H groups in total. The number of nitrogens with two attached hydrogens (primary N) is 1. The maximum Gasteiger partial charge on any atom is 0.418 e. The lowest BCUT2D eigenvalue weighted by Gasteiger charge is -2.37. The molecule has 2 amide bonds. The van der Waals surface area contributed by atoms with Crippen LogP contribution in [0.2, 0.25) is 0 Å². The van der Waals surface area contributed by atoms with Crippen LogP contribution in [0.1, 0.15) is 24.0 Å². The molecule has 3 heterocycles. The summed E-state index contributed by atoms with van der Waals surface area (Å²) in [6, 6.07) is 9.00. The van der Waals surface area contributed by atoms with Crippen molar-refractivity contribution in [3.63, 3.8) is 0 Å². The van der Waals surface area contributed by atoms with E-state index in [0.717, 1.165) is 61.1 Å². The zero-order valence-corrected chi connectivity index (χ0v) is 23.8. The average Bonchev–Trinajstić information content (AvgIpc) is 3.51. The Balaban J connectivity index is 1.27. The summed E-state index contributed by atoms with van der Waals surface area (Å²) in [4.78, 5) is 32.1. The molecule has 3 aromatic rings. The van der Waals surface area contributed by atoms with E-state index in [4.69, 9.17) is 15.2 Å². The lowest BCUT2D eigenvalue weighted by atomic mass is 10.1. The molecule has 2 fully saturated rings. The number of halogens is 3. The van der Waals surface area contributed by atoms with Crippen molar-refractivity contribution in [1.29, 1.82) is 0 Å². The summed E-state index contributed by atoms with van der Waals surface area (Å²) in [6.45, 7) is 4.44. The number of benzene rings is 2. The van der Waals surface area contributed by atoms with E-state index >= 15 is 0 Å². The molecular weight excluding hydrogens is 553 g/mol. The Morgan fingerprint density at radius 1 is 1.07 bits per heavy atom. The number of aromatic nitrogens is 1. The second-order valence-electron chi connectivity index (χ2n) is 10.8. The second kappa shape index (κ2) is 11.7. The molecule has 2 aliphatic rings. The topological polar surface area (TPSA) is 105 Å². The first-order chi connectivity index (χ1) is 20.0. The molecule has 13 heteroatoms. The van der Waals surface area contributed by atoms with Crippen molar-refractivity contribution < 1.29 is 32.2 Å². The minimum atomic E-state index is -4.66. The zero-order valence-electron chi connectivity index (χ0n) is 23.8. The van der Waals surface area contributed by atoms with Crippen LogP contribution in [0.5, 0.6) is 11.6 Å². The van der Waals surface area contributed by atoms with Crippen LogP contribution in [0.25, 0.3) is 10.9 Å². The van der Waals surface area contributed by atoms with Gasteiger partial charge in [0.2, 0.25) is 11.8 Å². The van der Waals surface area contributed by atoms with Gasteiger partial charge < -0.3 is 24.7 Å². The second-order valence-corrected chi connectivity index (χ2v) is 10.8. The van der Waals surface area contributed by atoms with Gasteiger partial charge in [0, 0.05) is 51.2 Å². The maximum absolute atomic E-state index is 13.3. The Morgan fingerprint density at radius 3 is 2.45 bits per heavy atom. The summed E-state index contributed by atoms with van der Waals surface area (Å²) < 4.78 is 52.3. The number of fused-ring (bicyclic) bond motifs is 1. The minimum absolute atomic E-state index is 0.0173. The summed E-state index contributed by atoms with van der Waals surface area (Å²) in [7, 11) is 5.00. The van der Waals surface area contributed by atoms with Crippen LogP contribution in [0.15, 0.2) is 36.4 Å². The van der Waals surface area contributed by atoms with E-state index in [1.54, 1.807) is 17.7 Å². The molecule has 42 heavy (non-hydrogen) atoms. The Kier molecular flexibility index (Phi) is 8.24. The molecule has 0 radical (unpaired) electrons. The number of likely N-dealkylation sites (tertiary alicyclic amines) is 1. The van der Waals surface area contributed by atoms with Gasteiger partial charge in [-0.25, -0.2) is 4.79 Å². The number of nitrogens with one attached hydrogen (secondary N) is 1. The molecule has 226 valence electrons. The summed E-state index contributed by atoms with van der Waals surface area (Å²) >= 11 is 0. The normalized spacial score (nSPS) is 18.4. The van der Waals surface area contributed by atoms with E-state index in [9.17, 15) is 22.8 Å². The monoisotopic (exact) mass is 588 g/mol. The number of para-hydroxylation sites is 1. The molecule has 1 atom stereocenters. The van der Waals surface area contributed by atoms with Crippen LogP contribution in [0.4, 0.5) is 29.3 Å². The van der Waals surface area contributed by atoms with E-state index in [2.05, 4.69) is 15.1 Å². The SMILES string of the molecule is COc1c(N)cc(C(F)(F)F)cc1NC(=O)Oc1cc2cccc(CN3CCN(C(=O)[C@@H]4CCCN4C)CC3)c2n1C. The summed E-state index contributed by atoms with van der Waals surface area (Å²) in [5.41, 5.74) is 6.07. The third-order valence-electron chi connectivity index (χ3n) is 8.06. The van der Waals surface area contributed by atoms with E-state index < -0.39 is 17.8 Å². The third-order valence-corrected chi connectivity index (χ3v) is 8.06. The number of alkyl halides is 3. The van der Waals surface area contributed by atoms with Crippen LogP contribution in [0, 0.1) is 0 Å². The molecule has 0 saturated carbocycles. The van der Waals surface area contributed by atoms with Crippen LogP contribution >= 0.6 is 0 Å². The molecule has 0 unspecified atom stereocenters. The molecule has 0 aliphatic carbocycles. The third kappa shape index (κ3) is 5.97.